The zero-order valence-corrected chi connectivity index (χ0v) is 13.8. The van der Waals surface area contributed by atoms with Gasteiger partial charge >= 0.3 is 0 Å². The van der Waals surface area contributed by atoms with Gasteiger partial charge in [0.1, 0.15) is 0 Å². The highest BCUT2D eigenvalue weighted by atomic mass is 32.2. The molecule has 4 nitrogen and oxygen atoms in total. The van der Waals surface area contributed by atoms with Crippen molar-refractivity contribution in [1.82, 2.24) is 4.72 Å². The molecule has 1 fully saturated rings. The minimum absolute atomic E-state index is 0.0506. The molecule has 1 aliphatic rings. The van der Waals surface area contributed by atoms with Gasteiger partial charge in [-0.2, -0.15) is 0 Å². The zero-order chi connectivity index (χ0) is 16.3. The Labute approximate surface area is 137 Å². The molecule has 122 valence electrons. The van der Waals surface area contributed by atoms with Gasteiger partial charge < -0.3 is 5.73 Å². The summed E-state index contributed by atoms with van der Waals surface area (Å²) in [6.45, 7) is 0.525. The van der Waals surface area contributed by atoms with Gasteiger partial charge in [-0.05, 0) is 48.6 Å². The maximum Gasteiger partial charge on any atom is 0.240 e. The molecule has 0 aliphatic heterocycles. The van der Waals surface area contributed by atoms with Gasteiger partial charge in [-0.25, -0.2) is 13.1 Å². The molecule has 2 aromatic carbocycles. The van der Waals surface area contributed by atoms with Crippen molar-refractivity contribution in [2.75, 3.05) is 6.54 Å². The fraction of sp³-hybridized carbons (Fsp3) is 0.333. The molecule has 0 heterocycles. The second kappa shape index (κ2) is 6.83. The van der Waals surface area contributed by atoms with Gasteiger partial charge in [-0.1, -0.05) is 48.9 Å². The summed E-state index contributed by atoms with van der Waals surface area (Å²) in [5, 5.41) is 0. The molecule has 0 spiro atoms. The summed E-state index contributed by atoms with van der Waals surface area (Å²) in [6.07, 6.45) is 2.88. The van der Waals surface area contributed by atoms with E-state index in [2.05, 4.69) is 4.72 Å². The van der Waals surface area contributed by atoms with Crippen molar-refractivity contribution in [3.8, 4) is 11.1 Å². The first-order valence-electron chi connectivity index (χ1n) is 7.98. The summed E-state index contributed by atoms with van der Waals surface area (Å²) < 4.78 is 28.2. The van der Waals surface area contributed by atoms with Crippen LogP contribution in [0.4, 0.5) is 0 Å². The van der Waals surface area contributed by atoms with Crippen LogP contribution in [0, 0.1) is 5.92 Å². The summed E-state index contributed by atoms with van der Waals surface area (Å²) in [6, 6.07) is 16.8. The molecule has 1 aliphatic carbocycles. The first kappa shape index (κ1) is 16.2. The molecule has 2 atom stereocenters. The van der Waals surface area contributed by atoms with Crippen molar-refractivity contribution < 1.29 is 8.42 Å². The minimum Gasteiger partial charge on any atom is -0.330 e. The predicted molar refractivity (Wildman–Crippen MR) is 92.4 cm³/mol. The molecule has 0 saturated heterocycles. The van der Waals surface area contributed by atoms with Crippen molar-refractivity contribution in [3.05, 3.63) is 54.6 Å². The highest BCUT2D eigenvalue weighted by Crippen LogP contribution is 2.27. The van der Waals surface area contributed by atoms with Crippen molar-refractivity contribution in [2.45, 2.75) is 30.2 Å². The molecule has 3 N–H and O–H groups in total. The lowest BCUT2D eigenvalue weighted by molar-refractivity contribution is 0.453. The first-order chi connectivity index (χ1) is 11.1. The Morgan fingerprint density at radius 2 is 1.74 bits per heavy atom. The Hall–Kier alpha value is -1.69. The van der Waals surface area contributed by atoms with E-state index in [0.717, 1.165) is 30.4 Å². The third-order valence-electron chi connectivity index (χ3n) is 4.52. The Balaban J connectivity index is 1.86. The molecular formula is C18H22N2O2S. The lowest BCUT2D eigenvalue weighted by Gasteiger charge is -2.19. The highest BCUT2D eigenvalue weighted by Gasteiger charge is 2.30. The van der Waals surface area contributed by atoms with Gasteiger partial charge in [0.05, 0.1) is 4.90 Å². The largest absolute Gasteiger partial charge is 0.330 e. The fourth-order valence-corrected chi connectivity index (χ4v) is 4.60. The molecular weight excluding hydrogens is 308 g/mol. The molecule has 1 saturated carbocycles. The van der Waals surface area contributed by atoms with Crippen LogP contribution in [0.2, 0.25) is 0 Å². The number of hydrogen-bond acceptors (Lipinski definition) is 3. The predicted octanol–water partition coefficient (Wildman–Crippen LogP) is 2.76. The van der Waals surface area contributed by atoms with Crippen molar-refractivity contribution in [3.63, 3.8) is 0 Å². The monoisotopic (exact) mass is 330 g/mol. The Morgan fingerprint density at radius 3 is 2.48 bits per heavy atom. The van der Waals surface area contributed by atoms with Gasteiger partial charge in [0.15, 0.2) is 0 Å². The molecule has 5 heteroatoms. The number of nitrogens with one attached hydrogen (secondary N) is 1. The Bertz CT molecular complexity index is 760. The summed E-state index contributed by atoms with van der Waals surface area (Å²) in [5.41, 5.74) is 7.65. The molecule has 2 unspecified atom stereocenters. The van der Waals surface area contributed by atoms with Crippen LogP contribution in [0.15, 0.2) is 59.5 Å². The first-order valence-corrected chi connectivity index (χ1v) is 9.46. The van der Waals surface area contributed by atoms with Crippen molar-refractivity contribution in [2.24, 2.45) is 11.7 Å². The van der Waals surface area contributed by atoms with Crippen LogP contribution in [0.5, 0.6) is 0 Å². The van der Waals surface area contributed by atoms with Crippen LogP contribution >= 0.6 is 0 Å². The van der Waals surface area contributed by atoms with Crippen LogP contribution in [0.3, 0.4) is 0 Å². The Kier molecular flexibility index (Phi) is 4.80. The molecule has 23 heavy (non-hydrogen) atoms. The van der Waals surface area contributed by atoms with E-state index in [-0.39, 0.29) is 12.0 Å². The van der Waals surface area contributed by atoms with Crippen LogP contribution < -0.4 is 10.5 Å². The van der Waals surface area contributed by atoms with Crippen molar-refractivity contribution in [1.29, 1.82) is 0 Å². The number of rotatable bonds is 5. The fourth-order valence-electron chi connectivity index (χ4n) is 3.21. The minimum atomic E-state index is -3.52. The summed E-state index contributed by atoms with van der Waals surface area (Å²) in [5.74, 6) is 0.238. The smallest absolute Gasteiger partial charge is 0.240 e. The number of nitrogens with two attached hydrogens (primary N) is 1. The van der Waals surface area contributed by atoms with Crippen LogP contribution in [0.25, 0.3) is 11.1 Å². The number of benzene rings is 2. The van der Waals surface area contributed by atoms with E-state index in [1.807, 2.05) is 36.4 Å². The molecule has 0 amide bonds. The molecule has 0 bridgehead atoms. The third kappa shape index (κ3) is 3.63. The normalized spacial score (nSPS) is 21.4. The van der Waals surface area contributed by atoms with Gasteiger partial charge in [0.25, 0.3) is 0 Å². The lowest BCUT2D eigenvalue weighted by atomic mass is 10.1. The number of hydrogen-bond donors (Lipinski definition) is 2. The maximum atomic E-state index is 12.7. The molecule has 3 rings (SSSR count). The average Bonchev–Trinajstić information content (AvgIpc) is 3.02. The van der Waals surface area contributed by atoms with Crippen LogP contribution in [-0.2, 0) is 10.0 Å². The van der Waals surface area contributed by atoms with Gasteiger partial charge in [0, 0.05) is 6.04 Å². The van der Waals surface area contributed by atoms with Gasteiger partial charge in [-0.3, -0.25) is 0 Å². The summed E-state index contributed by atoms with van der Waals surface area (Å²) in [4.78, 5) is 0.307. The maximum absolute atomic E-state index is 12.7. The second-order valence-electron chi connectivity index (χ2n) is 6.05. The van der Waals surface area contributed by atoms with E-state index < -0.39 is 10.0 Å². The topological polar surface area (TPSA) is 72.2 Å². The van der Waals surface area contributed by atoms with E-state index in [1.165, 1.54) is 0 Å². The van der Waals surface area contributed by atoms with Gasteiger partial charge in [0.2, 0.25) is 10.0 Å². The third-order valence-corrected chi connectivity index (χ3v) is 6.01. The highest BCUT2D eigenvalue weighted by molar-refractivity contribution is 7.89. The standard InChI is InChI=1S/C18H22N2O2S/c19-13-16-9-5-11-18(16)20-23(21,22)17-10-4-8-15(12-17)14-6-2-1-3-7-14/h1-4,6-8,10,12,16,18,20H,5,9,11,13,19H2. The van der Waals surface area contributed by atoms with Gasteiger partial charge in [-0.15, -0.1) is 0 Å². The molecule has 0 aromatic heterocycles. The molecule has 0 radical (unpaired) electrons. The SMILES string of the molecule is NCC1CCCC1NS(=O)(=O)c1cccc(-c2ccccc2)c1. The second-order valence-corrected chi connectivity index (χ2v) is 7.76. The van der Waals surface area contributed by atoms with E-state index in [0.29, 0.717) is 11.4 Å². The van der Waals surface area contributed by atoms with E-state index >= 15 is 0 Å². The van der Waals surface area contributed by atoms with Crippen LogP contribution in [-0.4, -0.2) is 21.0 Å². The summed E-state index contributed by atoms with van der Waals surface area (Å²) >= 11 is 0. The summed E-state index contributed by atoms with van der Waals surface area (Å²) in [7, 11) is -3.52. The zero-order valence-electron chi connectivity index (χ0n) is 13.0. The lowest BCUT2D eigenvalue weighted by Crippen LogP contribution is -2.39. The number of sulfonamides is 1. The average molecular weight is 330 g/mol. The van der Waals surface area contributed by atoms with Crippen LogP contribution in [0.1, 0.15) is 19.3 Å². The van der Waals surface area contributed by atoms with E-state index in [4.69, 9.17) is 5.73 Å². The van der Waals surface area contributed by atoms with E-state index in [9.17, 15) is 8.42 Å². The molecule has 2 aromatic rings. The van der Waals surface area contributed by atoms with Crippen molar-refractivity contribution >= 4 is 10.0 Å². The van der Waals surface area contributed by atoms with E-state index in [1.54, 1.807) is 18.2 Å². The Morgan fingerprint density at radius 1 is 1.00 bits per heavy atom. The quantitative estimate of drug-likeness (QED) is 0.885.